The van der Waals surface area contributed by atoms with Crippen molar-refractivity contribution in [1.82, 2.24) is 9.97 Å². The zero-order valence-corrected chi connectivity index (χ0v) is 11.3. The first-order valence-electron chi connectivity index (χ1n) is 6.05. The highest BCUT2D eigenvalue weighted by Gasteiger charge is 2.20. The molecule has 1 heterocycles. The normalized spacial score (nSPS) is 11.2. The molecular formula is C11H19N5O3. The van der Waals surface area contributed by atoms with Crippen molar-refractivity contribution >= 4 is 17.5 Å². The van der Waals surface area contributed by atoms with E-state index in [1.54, 1.807) is 13.8 Å². The Balaban J connectivity index is 2.92. The Kier molecular flexibility index (Phi) is 4.99. The number of nitro groups is 1. The van der Waals surface area contributed by atoms with Crippen molar-refractivity contribution in [3.8, 4) is 0 Å². The highest BCUT2D eigenvalue weighted by atomic mass is 16.6. The fourth-order valence-corrected chi connectivity index (χ4v) is 1.26. The molecule has 1 aromatic heterocycles. The van der Waals surface area contributed by atoms with Gasteiger partial charge in [-0.15, -0.1) is 0 Å². The molecule has 0 radical (unpaired) electrons. The Hall–Kier alpha value is -1.96. The van der Waals surface area contributed by atoms with Gasteiger partial charge in [0.15, 0.2) is 0 Å². The number of hydrogen-bond acceptors (Lipinski definition) is 7. The van der Waals surface area contributed by atoms with Crippen molar-refractivity contribution in [2.45, 2.75) is 32.8 Å². The van der Waals surface area contributed by atoms with Gasteiger partial charge in [0.25, 0.3) is 0 Å². The third kappa shape index (κ3) is 5.04. The number of aromatic nitrogens is 2. The summed E-state index contributed by atoms with van der Waals surface area (Å²) in [6.45, 7) is 6.03. The second-order valence-electron chi connectivity index (χ2n) is 4.78. The highest BCUT2D eigenvalue weighted by molar-refractivity contribution is 5.57. The number of nitrogens with one attached hydrogen (secondary N) is 2. The molecule has 0 aromatic carbocycles. The van der Waals surface area contributed by atoms with Crippen LogP contribution in [0, 0.1) is 10.1 Å². The predicted octanol–water partition coefficient (Wildman–Crippen LogP) is 1.39. The summed E-state index contributed by atoms with van der Waals surface area (Å²) in [5.74, 6) is 0.423. The molecule has 1 rings (SSSR count). The van der Waals surface area contributed by atoms with Gasteiger partial charge < -0.3 is 15.7 Å². The van der Waals surface area contributed by atoms with Crippen molar-refractivity contribution < 1.29 is 10.0 Å². The van der Waals surface area contributed by atoms with E-state index >= 15 is 0 Å². The number of rotatable bonds is 7. The number of nitrogens with zero attached hydrogens (tertiary/aromatic N) is 3. The average molecular weight is 269 g/mol. The lowest BCUT2D eigenvalue weighted by molar-refractivity contribution is -0.384. The van der Waals surface area contributed by atoms with E-state index < -0.39 is 10.5 Å². The molecule has 0 fully saturated rings. The first kappa shape index (κ1) is 15.1. The summed E-state index contributed by atoms with van der Waals surface area (Å²) in [5.41, 5.74) is -1.21. The van der Waals surface area contributed by atoms with Gasteiger partial charge in [0.05, 0.1) is 10.5 Å². The van der Waals surface area contributed by atoms with Gasteiger partial charge in [-0.3, -0.25) is 10.1 Å². The molecule has 0 amide bonds. The lowest BCUT2D eigenvalue weighted by atomic mass is 10.1. The topological polar surface area (TPSA) is 113 Å². The van der Waals surface area contributed by atoms with E-state index in [4.69, 9.17) is 0 Å². The predicted molar refractivity (Wildman–Crippen MR) is 72.3 cm³/mol. The van der Waals surface area contributed by atoms with Crippen LogP contribution in [0.5, 0.6) is 0 Å². The van der Waals surface area contributed by atoms with Crippen LogP contribution in [0.3, 0.4) is 0 Å². The maximum Gasteiger partial charge on any atom is 0.329 e. The Morgan fingerprint density at radius 2 is 2.16 bits per heavy atom. The van der Waals surface area contributed by atoms with E-state index in [1.165, 1.54) is 0 Å². The first-order chi connectivity index (χ1) is 8.83. The van der Waals surface area contributed by atoms with Crippen LogP contribution in [0.1, 0.15) is 27.2 Å². The van der Waals surface area contributed by atoms with E-state index in [-0.39, 0.29) is 18.1 Å². The third-order valence-electron chi connectivity index (χ3n) is 2.19. The molecule has 1 aromatic rings. The smallest absolute Gasteiger partial charge is 0.329 e. The second-order valence-corrected chi connectivity index (χ2v) is 4.78. The molecule has 3 N–H and O–H groups in total. The van der Waals surface area contributed by atoms with Crippen LogP contribution in [0.25, 0.3) is 0 Å². The maximum absolute atomic E-state index is 10.9. The summed E-state index contributed by atoms with van der Waals surface area (Å²) in [6, 6.07) is 0. The minimum absolute atomic E-state index is 0.0979. The zero-order valence-electron chi connectivity index (χ0n) is 11.3. The summed E-state index contributed by atoms with van der Waals surface area (Å²) in [4.78, 5) is 18.2. The van der Waals surface area contributed by atoms with E-state index in [1.807, 2.05) is 6.92 Å². The van der Waals surface area contributed by atoms with Gasteiger partial charge in [0.2, 0.25) is 11.8 Å². The molecule has 106 valence electrons. The molecule has 19 heavy (non-hydrogen) atoms. The number of anilines is 2. The van der Waals surface area contributed by atoms with Crippen LogP contribution in [-0.4, -0.2) is 38.7 Å². The Bertz CT molecular complexity index is 444. The van der Waals surface area contributed by atoms with E-state index in [0.29, 0.717) is 12.5 Å². The zero-order chi connectivity index (χ0) is 14.5. The van der Waals surface area contributed by atoms with Crippen molar-refractivity contribution in [2.75, 3.05) is 23.7 Å². The summed E-state index contributed by atoms with van der Waals surface area (Å²) >= 11 is 0. The first-order valence-corrected chi connectivity index (χ1v) is 6.05. The van der Waals surface area contributed by atoms with Gasteiger partial charge >= 0.3 is 5.69 Å². The van der Waals surface area contributed by atoms with Gasteiger partial charge in [0, 0.05) is 13.1 Å². The molecule has 0 bridgehead atoms. The molecule has 8 heteroatoms. The minimum Gasteiger partial charge on any atom is -0.389 e. The molecule has 0 aliphatic carbocycles. The van der Waals surface area contributed by atoms with Gasteiger partial charge in [-0.1, -0.05) is 6.92 Å². The van der Waals surface area contributed by atoms with Crippen LogP contribution in [0.4, 0.5) is 17.5 Å². The van der Waals surface area contributed by atoms with E-state index in [0.717, 1.165) is 12.6 Å². The van der Waals surface area contributed by atoms with E-state index in [9.17, 15) is 15.2 Å². The SMILES string of the molecule is CCCNc1ncc([N+](=O)[O-])c(NCC(C)(C)O)n1. The Morgan fingerprint density at radius 3 is 2.68 bits per heavy atom. The van der Waals surface area contributed by atoms with Gasteiger partial charge in [-0.2, -0.15) is 4.98 Å². The average Bonchev–Trinajstić information content (AvgIpc) is 2.32. The molecule has 0 aliphatic heterocycles. The molecule has 0 saturated heterocycles. The summed E-state index contributed by atoms with van der Waals surface area (Å²) in [7, 11) is 0. The third-order valence-corrected chi connectivity index (χ3v) is 2.19. The quantitative estimate of drug-likeness (QED) is 0.506. The molecule has 0 unspecified atom stereocenters. The number of hydrogen-bond donors (Lipinski definition) is 3. The Morgan fingerprint density at radius 1 is 1.47 bits per heavy atom. The summed E-state index contributed by atoms with van der Waals surface area (Å²) in [6.07, 6.45) is 2.05. The summed E-state index contributed by atoms with van der Waals surface area (Å²) in [5, 5.41) is 26.2. The van der Waals surface area contributed by atoms with Gasteiger partial charge in [-0.25, -0.2) is 4.98 Å². The maximum atomic E-state index is 10.9. The largest absolute Gasteiger partial charge is 0.389 e. The highest BCUT2D eigenvalue weighted by Crippen LogP contribution is 2.22. The standard InChI is InChI=1S/C11H19N5O3/c1-4-5-12-10-13-6-8(16(18)19)9(15-10)14-7-11(2,3)17/h6,17H,4-5,7H2,1-3H3,(H2,12,13,14,15). The van der Waals surface area contributed by atoms with Gasteiger partial charge in [-0.05, 0) is 20.3 Å². The molecule has 0 saturated carbocycles. The van der Waals surface area contributed by atoms with Crippen LogP contribution in [0.2, 0.25) is 0 Å². The fraction of sp³-hybridized carbons (Fsp3) is 0.636. The lowest BCUT2D eigenvalue weighted by Gasteiger charge is -2.18. The molecular weight excluding hydrogens is 250 g/mol. The Labute approximate surface area is 111 Å². The summed E-state index contributed by atoms with van der Waals surface area (Å²) < 4.78 is 0. The lowest BCUT2D eigenvalue weighted by Crippen LogP contribution is -2.30. The van der Waals surface area contributed by atoms with Crippen LogP contribution < -0.4 is 10.6 Å². The minimum atomic E-state index is -0.990. The van der Waals surface area contributed by atoms with Crippen LogP contribution >= 0.6 is 0 Å². The van der Waals surface area contributed by atoms with Crippen molar-refractivity contribution in [2.24, 2.45) is 0 Å². The monoisotopic (exact) mass is 269 g/mol. The molecule has 0 atom stereocenters. The van der Waals surface area contributed by atoms with E-state index in [2.05, 4.69) is 20.6 Å². The van der Waals surface area contributed by atoms with Crippen LogP contribution in [-0.2, 0) is 0 Å². The van der Waals surface area contributed by atoms with Crippen molar-refractivity contribution in [3.05, 3.63) is 16.3 Å². The molecule has 0 spiro atoms. The van der Waals surface area contributed by atoms with Crippen LogP contribution in [0.15, 0.2) is 6.20 Å². The second kappa shape index (κ2) is 6.28. The number of aliphatic hydroxyl groups is 1. The molecule has 0 aliphatic rings. The van der Waals surface area contributed by atoms with Gasteiger partial charge in [0.1, 0.15) is 6.20 Å². The molecule has 8 nitrogen and oxygen atoms in total. The fourth-order valence-electron chi connectivity index (χ4n) is 1.26. The van der Waals surface area contributed by atoms with Crippen molar-refractivity contribution in [1.29, 1.82) is 0 Å². The van der Waals surface area contributed by atoms with Crippen molar-refractivity contribution in [3.63, 3.8) is 0 Å².